The van der Waals surface area contributed by atoms with Gasteiger partial charge in [0.15, 0.2) is 11.6 Å². The lowest BCUT2D eigenvalue weighted by Crippen LogP contribution is -2.06. The van der Waals surface area contributed by atoms with E-state index >= 15 is 0 Å². The number of nitrogens with zero attached hydrogens (tertiary/aromatic N) is 3. The average molecular weight is 266 g/mol. The Morgan fingerprint density at radius 2 is 2.28 bits per heavy atom. The van der Waals surface area contributed by atoms with Crippen LogP contribution in [-0.2, 0) is 13.7 Å². The van der Waals surface area contributed by atoms with Gasteiger partial charge in [-0.25, -0.2) is 4.98 Å². The Bertz CT molecular complexity index is 580. The summed E-state index contributed by atoms with van der Waals surface area (Å²) in [6, 6.07) is 4.95. The van der Waals surface area contributed by atoms with Crippen molar-refractivity contribution in [1.82, 2.24) is 14.8 Å². The van der Waals surface area contributed by atoms with Gasteiger partial charge in [-0.1, -0.05) is 11.6 Å². The minimum Gasteiger partial charge on any atom is -0.485 e. The number of rotatable bonds is 4. The summed E-state index contributed by atoms with van der Waals surface area (Å²) in [7, 11) is 1.78. The van der Waals surface area contributed by atoms with Gasteiger partial charge in [0.2, 0.25) is 0 Å². The van der Waals surface area contributed by atoms with Crippen LogP contribution in [0.3, 0.4) is 0 Å². The fourth-order valence-corrected chi connectivity index (χ4v) is 1.67. The molecule has 0 N–H and O–H groups in total. The van der Waals surface area contributed by atoms with Crippen LogP contribution >= 0.6 is 11.6 Å². The Hall–Kier alpha value is -1.88. The molecule has 6 heteroatoms. The Morgan fingerprint density at radius 1 is 1.50 bits per heavy atom. The maximum atomic E-state index is 11.5. The number of hydrogen-bond donors (Lipinski definition) is 0. The molecule has 5 nitrogen and oxygen atoms in total. The van der Waals surface area contributed by atoms with Crippen LogP contribution in [0.15, 0.2) is 24.5 Å². The van der Waals surface area contributed by atoms with Crippen molar-refractivity contribution in [3.05, 3.63) is 40.9 Å². The molecule has 18 heavy (non-hydrogen) atoms. The van der Waals surface area contributed by atoms with Crippen LogP contribution in [-0.4, -0.2) is 20.5 Å². The van der Waals surface area contributed by atoms with E-state index in [0.717, 1.165) is 0 Å². The highest BCUT2D eigenvalue weighted by Gasteiger charge is 2.10. The number of aryl methyl sites for hydroxylation is 1. The SMILES string of the molecule is CC(=O)c1cc(Cl)ccc1OCc1ncnn1C. The molecular weight excluding hydrogens is 254 g/mol. The van der Waals surface area contributed by atoms with Gasteiger partial charge >= 0.3 is 0 Å². The van der Waals surface area contributed by atoms with E-state index in [4.69, 9.17) is 16.3 Å². The minimum absolute atomic E-state index is 0.0922. The van der Waals surface area contributed by atoms with Crippen molar-refractivity contribution >= 4 is 17.4 Å². The second kappa shape index (κ2) is 5.18. The first-order chi connectivity index (χ1) is 8.58. The molecule has 0 radical (unpaired) electrons. The van der Waals surface area contributed by atoms with E-state index in [-0.39, 0.29) is 12.4 Å². The smallest absolute Gasteiger partial charge is 0.164 e. The van der Waals surface area contributed by atoms with Gasteiger partial charge in [0, 0.05) is 12.1 Å². The second-order valence-electron chi connectivity index (χ2n) is 3.79. The van der Waals surface area contributed by atoms with Crippen molar-refractivity contribution in [2.24, 2.45) is 7.05 Å². The van der Waals surface area contributed by atoms with E-state index in [1.165, 1.54) is 13.3 Å². The van der Waals surface area contributed by atoms with Gasteiger partial charge in [-0.3, -0.25) is 9.48 Å². The standard InChI is InChI=1S/C12H12ClN3O2/c1-8(17)10-5-9(13)3-4-11(10)18-6-12-14-7-15-16(12)2/h3-5,7H,6H2,1-2H3. The van der Waals surface area contributed by atoms with E-state index < -0.39 is 0 Å². The van der Waals surface area contributed by atoms with Crippen LogP contribution in [0.4, 0.5) is 0 Å². The van der Waals surface area contributed by atoms with Crippen LogP contribution in [0.2, 0.25) is 5.02 Å². The Kier molecular flexibility index (Phi) is 3.62. The number of Topliss-reactive ketones (excluding diaryl/α,β-unsaturated/α-hetero) is 1. The predicted molar refractivity (Wildman–Crippen MR) is 66.8 cm³/mol. The zero-order valence-electron chi connectivity index (χ0n) is 10.1. The molecule has 1 aromatic carbocycles. The van der Waals surface area contributed by atoms with Gasteiger partial charge < -0.3 is 4.74 Å². The summed E-state index contributed by atoms with van der Waals surface area (Å²) in [5.74, 6) is 1.08. The van der Waals surface area contributed by atoms with E-state index in [1.54, 1.807) is 29.9 Å². The lowest BCUT2D eigenvalue weighted by atomic mass is 10.1. The largest absolute Gasteiger partial charge is 0.485 e. The molecule has 2 rings (SSSR count). The molecular formula is C12H12ClN3O2. The van der Waals surface area contributed by atoms with Crippen molar-refractivity contribution in [2.45, 2.75) is 13.5 Å². The summed E-state index contributed by atoms with van der Waals surface area (Å²) in [6.07, 6.45) is 1.45. The number of ether oxygens (including phenoxy) is 1. The molecule has 94 valence electrons. The first kappa shape index (κ1) is 12.6. The lowest BCUT2D eigenvalue weighted by Gasteiger charge is -2.09. The third-order valence-corrected chi connectivity index (χ3v) is 2.72. The highest BCUT2D eigenvalue weighted by atomic mass is 35.5. The van der Waals surface area contributed by atoms with Crippen molar-refractivity contribution in [2.75, 3.05) is 0 Å². The van der Waals surface area contributed by atoms with E-state index in [9.17, 15) is 4.79 Å². The molecule has 1 heterocycles. The molecule has 0 aliphatic rings. The first-order valence-electron chi connectivity index (χ1n) is 5.34. The maximum absolute atomic E-state index is 11.5. The summed E-state index contributed by atoms with van der Waals surface area (Å²) in [6.45, 7) is 1.72. The van der Waals surface area contributed by atoms with Gasteiger partial charge in [-0.2, -0.15) is 5.10 Å². The molecule has 0 saturated carbocycles. The lowest BCUT2D eigenvalue weighted by molar-refractivity contribution is 0.101. The summed E-state index contributed by atoms with van der Waals surface area (Å²) in [4.78, 5) is 15.5. The Labute approximate surface area is 109 Å². The van der Waals surface area contributed by atoms with E-state index in [1.807, 2.05) is 0 Å². The molecule has 0 unspecified atom stereocenters. The molecule has 1 aromatic heterocycles. The topological polar surface area (TPSA) is 57.0 Å². The Morgan fingerprint density at radius 3 is 2.89 bits per heavy atom. The van der Waals surface area contributed by atoms with Gasteiger partial charge in [0.1, 0.15) is 18.7 Å². The molecule has 0 spiro atoms. The van der Waals surface area contributed by atoms with Crippen LogP contribution in [0.1, 0.15) is 23.1 Å². The quantitative estimate of drug-likeness (QED) is 0.796. The summed E-state index contributed by atoms with van der Waals surface area (Å²) in [5, 5.41) is 4.44. The highest BCUT2D eigenvalue weighted by molar-refractivity contribution is 6.31. The molecule has 0 amide bonds. The zero-order valence-corrected chi connectivity index (χ0v) is 10.8. The van der Waals surface area contributed by atoms with Gasteiger partial charge in [-0.15, -0.1) is 0 Å². The molecule has 0 bridgehead atoms. The third-order valence-electron chi connectivity index (χ3n) is 2.48. The number of aromatic nitrogens is 3. The van der Waals surface area contributed by atoms with Crippen LogP contribution in [0.5, 0.6) is 5.75 Å². The normalized spacial score (nSPS) is 10.4. The maximum Gasteiger partial charge on any atom is 0.164 e. The van der Waals surface area contributed by atoms with Crippen LogP contribution in [0, 0.1) is 0 Å². The second-order valence-corrected chi connectivity index (χ2v) is 4.22. The molecule has 0 atom stereocenters. The van der Waals surface area contributed by atoms with Crippen molar-refractivity contribution in [3.63, 3.8) is 0 Å². The highest BCUT2D eigenvalue weighted by Crippen LogP contribution is 2.24. The minimum atomic E-state index is -0.0922. The number of benzene rings is 1. The van der Waals surface area contributed by atoms with Gasteiger partial charge in [-0.05, 0) is 25.1 Å². The zero-order chi connectivity index (χ0) is 13.1. The molecule has 0 fully saturated rings. The van der Waals surface area contributed by atoms with Crippen molar-refractivity contribution < 1.29 is 9.53 Å². The molecule has 0 saturated heterocycles. The molecule has 2 aromatic rings. The first-order valence-corrected chi connectivity index (χ1v) is 5.72. The summed E-state index contributed by atoms with van der Waals surface area (Å²) in [5.41, 5.74) is 0.463. The number of carbonyl (C=O) groups is 1. The number of ketones is 1. The number of halogens is 1. The van der Waals surface area contributed by atoms with Crippen LogP contribution < -0.4 is 4.74 Å². The van der Waals surface area contributed by atoms with Crippen LogP contribution in [0.25, 0.3) is 0 Å². The fraction of sp³-hybridized carbons (Fsp3) is 0.250. The van der Waals surface area contributed by atoms with E-state index in [2.05, 4.69) is 10.1 Å². The van der Waals surface area contributed by atoms with E-state index in [0.29, 0.717) is 22.2 Å². The molecule has 0 aliphatic heterocycles. The number of hydrogen-bond acceptors (Lipinski definition) is 4. The summed E-state index contributed by atoms with van der Waals surface area (Å²) < 4.78 is 7.19. The average Bonchev–Trinajstić information content (AvgIpc) is 2.73. The third kappa shape index (κ3) is 2.68. The fourth-order valence-electron chi connectivity index (χ4n) is 1.50. The Balaban J connectivity index is 2.19. The summed E-state index contributed by atoms with van der Waals surface area (Å²) >= 11 is 5.85. The van der Waals surface area contributed by atoms with Crippen molar-refractivity contribution in [1.29, 1.82) is 0 Å². The van der Waals surface area contributed by atoms with Gasteiger partial charge in [0.05, 0.1) is 5.56 Å². The van der Waals surface area contributed by atoms with Gasteiger partial charge in [0.25, 0.3) is 0 Å². The predicted octanol–water partition coefficient (Wildman–Crippen LogP) is 2.25. The van der Waals surface area contributed by atoms with Crippen molar-refractivity contribution in [3.8, 4) is 5.75 Å². The monoisotopic (exact) mass is 265 g/mol. The number of carbonyl (C=O) groups excluding carboxylic acids is 1. The molecule has 0 aliphatic carbocycles.